The summed E-state index contributed by atoms with van der Waals surface area (Å²) in [5.74, 6) is 0.211. The van der Waals surface area contributed by atoms with E-state index < -0.39 is 0 Å². The molecule has 1 heterocycles. The molecule has 4 heteroatoms. The number of nitrogens with zero attached hydrogens (tertiary/aromatic N) is 3. The second kappa shape index (κ2) is 5.59. The first kappa shape index (κ1) is 11.8. The Morgan fingerprint density at radius 1 is 1.35 bits per heavy atom. The predicted octanol–water partition coefficient (Wildman–Crippen LogP) is 1.93. The van der Waals surface area contributed by atoms with E-state index in [1.54, 1.807) is 0 Å². The second-order valence-electron chi connectivity index (χ2n) is 4.28. The van der Waals surface area contributed by atoms with Crippen LogP contribution in [0.5, 0.6) is 0 Å². The quantitative estimate of drug-likeness (QED) is 0.637. The Hall–Kier alpha value is -1.68. The summed E-state index contributed by atoms with van der Waals surface area (Å²) in [5, 5.41) is 0. The van der Waals surface area contributed by atoms with E-state index in [1.807, 2.05) is 12.1 Å². The molecule has 1 aromatic carbocycles. The van der Waals surface area contributed by atoms with E-state index in [2.05, 4.69) is 33.7 Å². The Morgan fingerprint density at radius 2 is 2.12 bits per heavy atom. The molecule has 1 aliphatic rings. The summed E-state index contributed by atoms with van der Waals surface area (Å²) in [6.07, 6.45) is 2.62. The third-order valence-electron chi connectivity index (χ3n) is 2.92. The SMILES string of the molecule is C=NC(N)=Nc1cccc(CN2CCCC2)c1. The molecule has 0 amide bonds. The molecule has 0 atom stereocenters. The first-order chi connectivity index (χ1) is 8.28. The number of hydrogen-bond donors (Lipinski definition) is 1. The minimum absolute atomic E-state index is 0.211. The van der Waals surface area contributed by atoms with Gasteiger partial charge in [-0.1, -0.05) is 12.1 Å². The summed E-state index contributed by atoms with van der Waals surface area (Å²) in [5.41, 5.74) is 7.64. The molecule has 0 unspecified atom stereocenters. The summed E-state index contributed by atoms with van der Waals surface area (Å²) in [4.78, 5) is 10.2. The van der Waals surface area contributed by atoms with Crippen LogP contribution in [0.2, 0.25) is 0 Å². The van der Waals surface area contributed by atoms with E-state index in [1.165, 1.54) is 31.5 Å². The molecule has 0 aliphatic carbocycles. The van der Waals surface area contributed by atoms with E-state index >= 15 is 0 Å². The zero-order chi connectivity index (χ0) is 12.1. The van der Waals surface area contributed by atoms with Gasteiger partial charge in [-0.25, -0.2) is 9.98 Å². The van der Waals surface area contributed by atoms with Crippen molar-refractivity contribution < 1.29 is 0 Å². The van der Waals surface area contributed by atoms with Gasteiger partial charge in [0.05, 0.1) is 5.69 Å². The van der Waals surface area contributed by atoms with Gasteiger partial charge in [0.2, 0.25) is 5.96 Å². The summed E-state index contributed by atoms with van der Waals surface area (Å²) < 4.78 is 0. The van der Waals surface area contributed by atoms with Crippen molar-refractivity contribution in [2.24, 2.45) is 15.7 Å². The van der Waals surface area contributed by atoms with Gasteiger partial charge in [0.25, 0.3) is 0 Å². The molecule has 17 heavy (non-hydrogen) atoms. The fourth-order valence-electron chi connectivity index (χ4n) is 2.09. The second-order valence-corrected chi connectivity index (χ2v) is 4.28. The van der Waals surface area contributed by atoms with Crippen molar-refractivity contribution in [1.82, 2.24) is 4.90 Å². The van der Waals surface area contributed by atoms with Gasteiger partial charge in [0.1, 0.15) is 0 Å². The van der Waals surface area contributed by atoms with Crippen molar-refractivity contribution in [3.05, 3.63) is 29.8 Å². The molecule has 1 aromatic rings. The lowest BCUT2D eigenvalue weighted by molar-refractivity contribution is 0.331. The molecular formula is C13H18N4. The third-order valence-corrected chi connectivity index (χ3v) is 2.92. The van der Waals surface area contributed by atoms with Crippen LogP contribution in [0.25, 0.3) is 0 Å². The molecule has 2 N–H and O–H groups in total. The van der Waals surface area contributed by atoms with Crippen LogP contribution in [0.3, 0.4) is 0 Å². The van der Waals surface area contributed by atoms with Crippen molar-refractivity contribution in [1.29, 1.82) is 0 Å². The predicted molar refractivity (Wildman–Crippen MR) is 71.8 cm³/mol. The standard InChI is InChI=1S/C13H18N4/c1-15-13(14)16-12-6-4-5-11(9-12)10-17-7-2-3-8-17/h4-6,9H,1-3,7-8,10H2,(H2,14,16). The highest BCUT2D eigenvalue weighted by atomic mass is 15.1. The average molecular weight is 230 g/mol. The number of aliphatic imine (C=N–C) groups is 2. The Labute approximate surface area is 102 Å². The lowest BCUT2D eigenvalue weighted by Gasteiger charge is -2.14. The van der Waals surface area contributed by atoms with Crippen LogP contribution in [0.4, 0.5) is 5.69 Å². The zero-order valence-corrected chi connectivity index (χ0v) is 9.97. The van der Waals surface area contributed by atoms with Crippen LogP contribution in [-0.2, 0) is 6.54 Å². The molecule has 90 valence electrons. The van der Waals surface area contributed by atoms with E-state index in [-0.39, 0.29) is 5.96 Å². The highest BCUT2D eigenvalue weighted by molar-refractivity contribution is 5.84. The van der Waals surface area contributed by atoms with Gasteiger partial charge in [0, 0.05) is 6.54 Å². The van der Waals surface area contributed by atoms with E-state index in [4.69, 9.17) is 5.73 Å². The van der Waals surface area contributed by atoms with Crippen LogP contribution >= 0.6 is 0 Å². The lowest BCUT2D eigenvalue weighted by atomic mass is 10.2. The Balaban J connectivity index is 2.08. The molecule has 1 fully saturated rings. The molecule has 0 bridgehead atoms. The van der Waals surface area contributed by atoms with Gasteiger partial charge in [0.15, 0.2) is 0 Å². The average Bonchev–Trinajstić information content (AvgIpc) is 2.82. The summed E-state index contributed by atoms with van der Waals surface area (Å²) >= 11 is 0. The number of likely N-dealkylation sites (tertiary alicyclic amines) is 1. The number of guanidine groups is 1. The van der Waals surface area contributed by atoms with Gasteiger partial charge < -0.3 is 5.73 Å². The fraction of sp³-hybridized carbons (Fsp3) is 0.385. The lowest BCUT2D eigenvalue weighted by Crippen LogP contribution is -2.18. The zero-order valence-electron chi connectivity index (χ0n) is 9.97. The summed E-state index contributed by atoms with van der Waals surface area (Å²) in [6.45, 7) is 6.74. The van der Waals surface area contributed by atoms with Crippen molar-refractivity contribution in [3.63, 3.8) is 0 Å². The maximum Gasteiger partial charge on any atom is 0.219 e. The van der Waals surface area contributed by atoms with Gasteiger partial charge >= 0.3 is 0 Å². The largest absolute Gasteiger partial charge is 0.368 e. The molecule has 0 saturated carbocycles. The highest BCUT2D eigenvalue weighted by Crippen LogP contribution is 2.17. The van der Waals surface area contributed by atoms with Crippen LogP contribution in [-0.4, -0.2) is 30.7 Å². The number of nitrogens with two attached hydrogens (primary N) is 1. The van der Waals surface area contributed by atoms with Crippen molar-refractivity contribution in [3.8, 4) is 0 Å². The van der Waals surface area contributed by atoms with Crippen molar-refractivity contribution in [2.45, 2.75) is 19.4 Å². The van der Waals surface area contributed by atoms with Gasteiger partial charge in [-0.2, -0.15) is 0 Å². The molecule has 2 rings (SSSR count). The molecule has 1 saturated heterocycles. The third kappa shape index (κ3) is 3.39. The highest BCUT2D eigenvalue weighted by Gasteiger charge is 2.11. The molecule has 1 aliphatic heterocycles. The molecule has 0 spiro atoms. The maximum absolute atomic E-state index is 5.53. The minimum atomic E-state index is 0.211. The summed E-state index contributed by atoms with van der Waals surface area (Å²) in [7, 11) is 0. The summed E-state index contributed by atoms with van der Waals surface area (Å²) in [6, 6.07) is 8.09. The van der Waals surface area contributed by atoms with Crippen LogP contribution in [0, 0.1) is 0 Å². The molecular weight excluding hydrogens is 212 g/mol. The molecule has 0 aromatic heterocycles. The van der Waals surface area contributed by atoms with Gasteiger partial charge in [-0.15, -0.1) is 0 Å². The van der Waals surface area contributed by atoms with Gasteiger partial charge in [-0.05, 0) is 50.3 Å². The maximum atomic E-state index is 5.53. The van der Waals surface area contributed by atoms with E-state index in [9.17, 15) is 0 Å². The van der Waals surface area contributed by atoms with E-state index in [0.717, 1.165) is 12.2 Å². The molecule has 0 radical (unpaired) electrons. The van der Waals surface area contributed by atoms with Crippen LogP contribution in [0.15, 0.2) is 34.3 Å². The first-order valence-corrected chi connectivity index (χ1v) is 5.90. The Kier molecular flexibility index (Phi) is 3.88. The van der Waals surface area contributed by atoms with Gasteiger partial charge in [-0.3, -0.25) is 4.90 Å². The van der Waals surface area contributed by atoms with Crippen LogP contribution < -0.4 is 5.73 Å². The topological polar surface area (TPSA) is 54.0 Å². The number of hydrogen-bond acceptors (Lipinski definition) is 2. The normalized spacial score (nSPS) is 17.3. The van der Waals surface area contributed by atoms with Crippen molar-refractivity contribution in [2.75, 3.05) is 13.1 Å². The van der Waals surface area contributed by atoms with E-state index in [0.29, 0.717) is 0 Å². The minimum Gasteiger partial charge on any atom is -0.368 e. The number of rotatable bonds is 3. The monoisotopic (exact) mass is 230 g/mol. The van der Waals surface area contributed by atoms with Crippen LogP contribution in [0.1, 0.15) is 18.4 Å². The molecule has 4 nitrogen and oxygen atoms in total. The fourth-order valence-corrected chi connectivity index (χ4v) is 2.09. The van der Waals surface area contributed by atoms with Crippen molar-refractivity contribution >= 4 is 18.4 Å². The smallest absolute Gasteiger partial charge is 0.219 e. The Bertz CT molecular complexity index is 419. The number of benzene rings is 1. The first-order valence-electron chi connectivity index (χ1n) is 5.90. The Morgan fingerprint density at radius 3 is 2.82 bits per heavy atom.